The number of nitrogens with two attached hydrogens (primary N) is 1. The number of nitrogens with zero attached hydrogens (tertiary/aromatic N) is 1. The maximum Gasteiger partial charge on any atom is 0.123 e. The van der Waals surface area contributed by atoms with Crippen molar-refractivity contribution in [2.24, 2.45) is 0 Å². The SMILES string of the molecule is CCNC(Cc1ccnc(N)c1)c1ccc(OC)c(C)c1. The Morgan fingerprint density at radius 3 is 2.71 bits per heavy atom. The Bertz CT molecular complexity index is 598. The van der Waals surface area contributed by atoms with E-state index in [1.165, 1.54) is 11.1 Å². The van der Waals surface area contributed by atoms with Crippen molar-refractivity contribution in [2.45, 2.75) is 26.3 Å². The molecule has 2 rings (SSSR count). The summed E-state index contributed by atoms with van der Waals surface area (Å²) in [6, 6.07) is 10.5. The summed E-state index contributed by atoms with van der Waals surface area (Å²) in [5.41, 5.74) is 9.34. The van der Waals surface area contributed by atoms with Gasteiger partial charge in [-0.3, -0.25) is 0 Å². The molecule has 0 fully saturated rings. The summed E-state index contributed by atoms with van der Waals surface area (Å²) >= 11 is 0. The monoisotopic (exact) mass is 285 g/mol. The Morgan fingerprint density at radius 1 is 1.29 bits per heavy atom. The van der Waals surface area contributed by atoms with Crippen molar-refractivity contribution in [2.75, 3.05) is 19.4 Å². The van der Waals surface area contributed by atoms with Gasteiger partial charge in [0, 0.05) is 12.2 Å². The summed E-state index contributed by atoms with van der Waals surface area (Å²) in [4.78, 5) is 4.04. The Balaban J connectivity index is 2.24. The number of likely N-dealkylation sites (N-methyl/N-ethyl adjacent to an activating group) is 1. The smallest absolute Gasteiger partial charge is 0.123 e. The zero-order chi connectivity index (χ0) is 15.2. The van der Waals surface area contributed by atoms with Crippen LogP contribution in [0.3, 0.4) is 0 Å². The number of rotatable bonds is 6. The van der Waals surface area contributed by atoms with Crippen LogP contribution in [0.15, 0.2) is 36.5 Å². The van der Waals surface area contributed by atoms with Gasteiger partial charge in [0.15, 0.2) is 0 Å². The number of anilines is 1. The highest BCUT2D eigenvalue weighted by atomic mass is 16.5. The standard InChI is InChI=1S/C17H23N3O/c1-4-19-15(10-13-7-8-20-17(18)11-13)14-5-6-16(21-3)12(2)9-14/h5-9,11,15,19H,4,10H2,1-3H3,(H2,18,20). The molecule has 0 saturated heterocycles. The van der Waals surface area contributed by atoms with Crippen LogP contribution in [0, 0.1) is 6.92 Å². The predicted octanol–water partition coefficient (Wildman–Crippen LogP) is 2.87. The summed E-state index contributed by atoms with van der Waals surface area (Å²) in [6.45, 7) is 5.09. The highest BCUT2D eigenvalue weighted by Gasteiger charge is 2.13. The van der Waals surface area contributed by atoms with Gasteiger partial charge in [-0.05, 0) is 54.8 Å². The normalized spacial score (nSPS) is 12.1. The first-order valence-electron chi connectivity index (χ1n) is 7.22. The quantitative estimate of drug-likeness (QED) is 0.857. The van der Waals surface area contributed by atoms with Crippen molar-refractivity contribution in [3.8, 4) is 5.75 Å². The van der Waals surface area contributed by atoms with Crippen molar-refractivity contribution in [3.05, 3.63) is 53.2 Å². The van der Waals surface area contributed by atoms with Crippen LogP contribution in [0.2, 0.25) is 0 Å². The minimum Gasteiger partial charge on any atom is -0.496 e. The highest BCUT2D eigenvalue weighted by molar-refractivity contribution is 5.38. The number of pyridine rings is 1. The number of aryl methyl sites for hydroxylation is 1. The third-order valence-corrected chi connectivity index (χ3v) is 3.56. The topological polar surface area (TPSA) is 60.2 Å². The molecule has 0 saturated carbocycles. The summed E-state index contributed by atoms with van der Waals surface area (Å²) < 4.78 is 5.33. The van der Waals surface area contributed by atoms with E-state index >= 15 is 0 Å². The molecule has 0 bridgehead atoms. The van der Waals surface area contributed by atoms with Crippen LogP contribution in [0.4, 0.5) is 5.82 Å². The number of methoxy groups -OCH3 is 1. The summed E-state index contributed by atoms with van der Waals surface area (Å²) in [5.74, 6) is 1.48. The number of hydrogen-bond donors (Lipinski definition) is 2. The van der Waals surface area contributed by atoms with Crippen LogP contribution >= 0.6 is 0 Å². The van der Waals surface area contributed by atoms with Gasteiger partial charge in [-0.1, -0.05) is 19.1 Å². The fraction of sp³-hybridized carbons (Fsp3) is 0.353. The Hall–Kier alpha value is -2.07. The maximum atomic E-state index is 5.76. The zero-order valence-electron chi connectivity index (χ0n) is 12.9. The first-order chi connectivity index (χ1) is 10.1. The van der Waals surface area contributed by atoms with Gasteiger partial charge in [0.1, 0.15) is 11.6 Å². The van der Waals surface area contributed by atoms with Crippen LogP contribution in [-0.4, -0.2) is 18.6 Å². The first-order valence-corrected chi connectivity index (χ1v) is 7.22. The number of nitrogens with one attached hydrogen (secondary N) is 1. The van der Waals surface area contributed by atoms with Crippen LogP contribution in [0.25, 0.3) is 0 Å². The molecule has 1 heterocycles. The van der Waals surface area contributed by atoms with Crippen LogP contribution in [0.1, 0.15) is 29.7 Å². The lowest BCUT2D eigenvalue weighted by Gasteiger charge is -2.20. The van der Waals surface area contributed by atoms with E-state index in [9.17, 15) is 0 Å². The molecular weight excluding hydrogens is 262 g/mol. The highest BCUT2D eigenvalue weighted by Crippen LogP contribution is 2.25. The lowest BCUT2D eigenvalue weighted by atomic mass is 9.97. The Morgan fingerprint density at radius 2 is 2.10 bits per heavy atom. The van der Waals surface area contributed by atoms with E-state index in [1.807, 2.05) is 18.2 Å². The second-order valence-corrected chi connectivity index (χ2v) is 5.13. The van der Waals surface area contributed by atoms with Crippen LogP contribution in [-0.2, 0) is 6.42 Å². The molecule has 1 unspecified atom stereocenters. The third-order valence-electron chi connectivity index (χ3n) is 3.56. The molecular formula is C17H23N3O. The van der Waals surface area contributed by atoms with E-state index in [1.54, 1.807) is 13.3 Å². The Labute approximate surface area is 126 Å². The lowest BCUT2D eigenvalue weighted by Crippen LogP contribution is -2.23. The van der Waals surface area contributed by atoms with Gasteiger partial charge in [-0.15, -0.1) is 0 Å². The van der Waals surface area contributed by atoms with Gasteiger partial charge in [0.25, 0.3) is 0 Å². The fourth-order valence-electron chi connectivity index (χ4n) is 2.53. The third kappa shape index (κ3) is 3.95. The minimum atomic E-state index is 0.251. The van der Waals surface area contributed by atoms with Gasteiger partial charge < -0.3 is 15.8 Å². The zero-order valence-corrected chi connectivity index (χ0v) is 12.9. The van der Waals surface area contributed by atoms with Gasteiger partial charge in [0.05, 0.1) is 7.11 Å². The number of hydrogen-bond acceptors (Lipinski definition) is 4. The van der Waals surface area contributed by atoms with E-state index in [2.05, 4.69) is 36.3 Å². The molecule has 0 radical (unpaired) electrons. The van der Waals surface area contributed by atoms with Gasteiger partial charge in [-0.25, -0.2) is 4.98 Å². The van der Waals surface area contributed by atoms with Crippen molar-refractivity contribution < 1.29 is 4.74 Å². The van der Waals surface area contributed by atoms with E-state index in [-0.39, 0.29) is 6.04 Å². The lowest BCUT2D eigenvalue weighted by molar-refractivity contribution is 0.411. The van der Waals surface area contributed by atoms with E-state index in [4.69, 9.17) is 10.5 Å². The second-order valence-electron chi connectivity index (χ2n) is 5.13. The molecule has 4 nitrogen and oxygen atoms in total. The molecule has 2 aromatic rings. The Kier molecular flexibility index (Phi) is 5.17. The molecule has 1 atom stereocenters. The predicted molar refractivity (Wildman–Crippen MR) is 86.5 cm³/mol. The van der Waals surface area contributed by atoms with Crippen molar-refractivity contribution in [3.63, 3.8) is 0 Å². The van der Waals surface area contributed by atoms with Crippen LogP contribution < -0.4 is 15.8 Å². The average molecular weight is 285 g/mol. The van der Waals surface area contributed by atoms with Crippen molar-refractivity contribution in [1.29, 1.82) is 0 Å². The fourth-order valence-corrected chi connectivity index (χ4v) is 2.53. The molecule has 112 valence electrons. The molecule has 0 aliphatic heterocycles. The molecule has 0 spiro atoms. The minimum absolute atomic E-state index is 0.251. The van der Waals surface area contributed by atoms with E-state index in [0.29, 0.717) is 5.82 Å². The van der Waals surface area contributed by atoms with Gasteiger partial charge in [0.2, 0.25) is 0 Å². The summed E-state index contributed by atoms with van der Waals surface area (Å²) in [6.07, 6.45) is 2.64. The van der Waals surface area contributed by atoms with E-state index in [0.717, 1.165) is 24.3 Å². The first kappa shape index (κ1) is 15.3. The van der Waals surface area contributed by atoms with Gasteiger partial charge >= 0.3 is 0 Å². The van der Waals surface area contributed by atoms with Crippen LogP contribution in [0.5, 0.6) is 5.75 Å². The molecule has 3 N–H and O–H groups in total. The average Bonchev–Trinajstić information content (AvgIpc) is 2.47. The molecule has 0 aliphatic carbocycles. The second kappa shape index (κ2) is 7.09. The largest absolute Gasteiger partial charge is 0.496 e. The summed E-state index contributed by atoms with van der Waals surface area (Å²) in [7, 11) is 1.70. The molecule has 1 aromatic heterocycles. The number of ether oxygens (including phenoxy) is 1. The molecule has 4 heteroatoms. The number of benzene rings is 1. The molecule has 21 heavy (non-hydrogen) atoms. The number of nitrogen functional groups attached to an aromatic ring is 1. The van der Waals surface area contributed by atoms with E-state index < -0.39 is 0 Å². The van der Waals surface area contributed by atoms with Crippen molar-refractivity contribution in [1.82, 2.24) is 10.3 Å². The summed E-state index contributed by atoms with van der Waals surface area (Å²) in [5, 5.41) is 3.53. The van der Waals surface area contributed by atoms with Gasteiger partial charge in [-0.2, -0.15) is 0 Å². The van der Waals surface area contributed by atoms with Crippen molar-refractivity contribution >= 4 is 5.82 Å². The maximum absolute atomic E-state index is 5.76. The molecule has 0 aliphatic rings. The molecule has 1 aromatic carbocycles. The molecule has 0 amide bonds. The number of aromatic nitrogens is 1.